The number of ether oxygens (including phenoxy) is 1. The van der Waals surface area contributed by atoms with Crippen LogP contribution in [-0.2, 0) is 10.0 Å². The van der Waals surface area contributed by atoms with Crippen LogP contribution < -0.4 is 15.4 Å². The van der Waals surface area contributed by atoms with E-state index in [9.17, 15) is 13.5 Å². The number of guanidine groups is 1. The molecule has 1 saturated heterocycles. The number of aliphatic hydroxyl groups is 1. The van der Waals surface area contributed by atoms with Crippen molar-refractivity contribution in [2.75, 3.05) is 38.5 Å². The number of rotatable bonds is 10. The number of benzene rings is 1. The van der Waals surface area contributed by atoms with Crippen molar-refractivity contribution in [2.45, 2.75) is 52.2 Å². The summed E-state index contributed by atoms with van der Waals surface area (Å²) in [5.74, 6) is 1.56. The lowest BCUT2D eigenvalue weighted by Gasteiger charge is -2.32. The van der Waals surface area contributed by atoms with Crippen LogP contribution in [0.5, 0.6) is 5.75 Å². The lowest BCUT2D eigenvalue weighted by molar-refractivity contribution is 0.114. The van der Waals surface area contributed by atoms with Crippen LogP contribution >= 0.6 is 24.0 Å². The second-order valence-electron chi connectivity index (χ2n) is 7.63. The van der Waals surface area contributed by atoms with Crippen molar-refractivity contribution in [1.29, 1.82) is 0 Å². The molecule has 0 aliphatic carbocycles. The zero-order valence-corrected chi connectivity index (χ0v) is 21.9. The molecule has 1 aromatic rings. The van der Waals surface area contributed by atoms with Crippen molar-refractivity contribution >= 4 is 40.0 Å². The number of hydrogen-bond donors (Lipinski definition) is 3. The highest BCUT2D eigenvalue weighted by Crippen LogP contribution is 2.15. The SMILES string of the molecule is CCCS(=O)(=O)N1CCC(NC(=NCC(O)COc2cccc(C)c2)NCC)CC1.I. The molecule has 1 aliphatic heterocycles. The fourth-order valence-corrected chi connectivity index (χ4v) is 4.87. The highest BCUT2D eigenvalue weighted by atomic mass is 127. The maximum atomic E-state index is 12.2. The third-order valence-electron chi connectivity index (χ3n) is 4.89. The van der Waals surface area contributed by atoms with E-state index in [0.717, 1.165) is 24.2 Å². The van der Waals surface area contributed by atoms with Crippen LogP contribution in [0.3, 0.4) is 0 Å². The Morgan fingerprint density at radius 1 is 1.32 bits per heavy atom. The summed E-state index contributed by atoms with van der Waals surface area (Å²) in [6.07, 6.45) is 1.37. The first-order chi connectivity index (χ1) is 14.3. The quantitative estimate of drug-likeness (QED) is 0.227. The minimum absolute atomic E-state index is 0. The summed E-state index contributed by atoms with van der Waals surface area (Å²) in [6, 6.07) is 7.85. The van der Waals surface area contributed by atoms with E-state index in [0.29, 0.717) is 32.0 Å². The zero-order chi connectivity index (χ0) is 22.0. The number of piperidine rings is 1. The van der Waals surface area contributed by atoms with Crippen molar-refractivity contribution in [3.8, 4) is 5.75 Å². The largest absolute Gasteiger partial charge is 0.491 e. The summed E-state index contributed by atoms with van der Waals surface area (Å²) < 4.78 is 31.6. The molecule has 1 unspecified atom stereocenters. The average molecular weight is 569 g/mol. The molecule has 1 atom stereocenters. The van der Waals surface area contributed by atoms with Gasteiger partial charge in [-0.3, -0.25) is 4.99 Å². The van der Waals surface area contributed by atoms with Gasteiger partial charge in [0.2, 0.25) is 10.0 Å². The van der Waals surface area contributed by atoms with Crippen LogP contribution in [0.15, 0.2) is 29.3 Å². The Kier molecular flexibility index (Phi) is 12.7. The van der Waals surface area contributed by atoms with Crippen LogP contribution in [0.1, 0.15) is 38.7 Å². The van der Waals surface area contributed by atoms with Gasteiger partial charge in [0.15, 0.2) is 5.96 Å². The molecule has 0 spiro atoms. The number of hydrogen-bond acceptors (Lipinski definition) is 5. The monoisotopic (exact) mass is 568 g/mol. The van der Waals surface area contributed by atoms with E-state index < -0.39 is 16.1 Å². The standard InChI is InChI=1S/C21H36N4O4S.HI/c1-4-13-30(27,28)25-11-9-18(10-12-25)24-21(22-5-2)23-15-19(26)16-29-20-8-6-7-17(3)14-20;/h6-8,14,18-19,26H,4-5,9-13,15-16H2,1-3H3,(H2,22,23,24);1H. The normalized spacial score (nSPS) is 17.0. The van der Waals surface area contributed by atoms with Gasteiger partial charge < -0.3 is 20.5 Å². The number of nitrogens with one attached hydrogen (secondary N) is 2. The van der Waals surface area contributed by atoms with E-state index in [-0.39, 0.29) is 48.9 Å². The Balaban J connectivity index is 0.00000480. The second-order valence-corrected chi connectivity index (χ2v) is 9.72. The first-order valence-corrected chi connectivity index (χ1v) is 12.3. The van der Waals surface area contributed by atoms with Gasteiger partial charge in [-0.2, -0.15) is 0 Å². The fraction of sp³-hybridized carbons (Fsp3) is 0.667. The Bertz CT molecular complexity index is 783. The number of aliphatic hydroxyl groups excluding tert-OH is 1. The molecule has 3 N–H and O–H groups in total. The molecule has 8 nitrogen and oxygen atoms in total. The molecule has 31 heavy (non-hydrogen) atoms. The maximum absolute atomic E-state index is 12.2. The second kappa shape index (κ2) is 14.1. The third-order valence-corrected chi connectivity index (χ3v) is 6.96. The van der Waals surface area contributed by atoms with E-state index in [2.05, 4.69) is 15.6 Å². The molecular formula is C21H37IN4O4S. The smallest absolute Gasteiger partial charge is 0.214 e. The van der Waals surface area contributed by atoms with Crippen molar-refractivity contribution in [2.24, 2.45) is 4.99 Å². The number of aryl methyl sites for hydroxylation is 1. The molecule has 1 aliphatic rings. The highest BCUT2D eigenvalue weighted by molar-refractivity contribution is 14.0. The van der Waals surface area contributed by atoms with Gasteiger partial charge in [0.1, 0.15) is 18.5 Å². The van der Waals surface area contributed by atoms with E-state index in [4.69, 9.17) is 4.74 Å². The molecule has 1 heterocycles. The topological polar surface area (TPSA) is 103 Å². The van der Waals surface area contributed by atoms with Crippen LogP contribution in [0.2, 0.25) is 0 Å². The minimum Gasteiger partial charge on any atom is -0.491 e. The molecule has 10 heteroatoms. The van der Waals surface area contributed by atoms with Gasteiger partial charge in [-0.15, -0.1) is 24.0 Å². The lowest BCUT2D eigenvalue weighted by Crippen LogP contribution is -2.50. The first-order valence-electron chi connectivity index (χ1n) is 10.7. The van der Waals surface area contributed by atoms with Gasteiger partial charge in [0, 0.05) is 25.7 Å². The summed E-state index contributed by atoms with van der Waals surface area (Å²) in [5, 5.41) is 16.8. The van der Waals surface area contributed by atoms with Crippen molar-refractivity contribution < 1.29 is 18.3 Å². The van der Waals surface area contributed by atoms with Gasteiger partial charge in [-0.1, -0.05) is 19.1 Å². The number of nitrogens with zero attached hydrogens (tertiary/aromatic N) is 2. The number of sulfonamides is 1. The Labute approximate surface area is 203 Å². The van der Waals surface area contributed by atoms with Crippen LogP contribution in [-0.4, -0.2) is 74.5 Å². The van der Waals surface area contributed by atoms with Crippen molar-refractivity contribution in [3.63, 3.8) is 0 Å². The highest BCUT2D eigenvalue weighted by Gasteiger charge is 2.27. The third kappa shape index (κ3) is 9.92. The number of aliphatic imine (C=N–C) groups is 1. The molecule has 2 rings (SSSR count). The number of halogens is 1. The first kappa shape index (κ1) is 27.9. The molecule has 1 aromatic carbocycles. The zero-order valence-electron chi connectivity index (χ0n) is 18.7. The van der Waals surface area contributed by atoms with Crippen molar-refractivity contribution in [3.05, 3.63) is 29.8 Å². The van der Waals surface area contributed by atoms with Crippen LogP contribution in [0.4, 0.5) is 0 Å². The summed E-state index contributed by atoms with van der Waals surface area (Å²) in [6.45, 7) is 7.97. The molecule has 0 saturated carbocycles. The van der Waals surface area contributed by atoms with Gasteiger partial charge in [0.25, 0.3) is 0 Å². The summed E-state index contributed by atoms with van der Waals surface area (Å²) in [4.78, 5) is 4.47. The van der Waals surface area contributed by atoms with Gasteiger partial charge in [-0.05, 0) is 50.8 Å². The lowest BCUT2D eigenvalue weighted by atomic mass is 10.1. The van der Waals surface area contributed by atoms with E-state index in [1.165, 1.54) is 0 Å². The van der Waals surface area contributed by atoms with Crippen LogP contribution in [0.25, 0.3) is 0 Å². The molecule has 0 radical (unpaired) electrons. The van der Waals surface area contributed by atoms with Gasteiger partial charge in [-0.25, -0.2) is 12.7 Å². The summed E-state index contributed by atoms with van der Waals surface area (Å²) in [5.41, 5.74) is 1.10. The fourth-order valence-electron chi connectivity index (χ4n) is 3.33. The van der Waals surface area contributed by atoms with E-state index in [1.807, 2.05) is 45.0 Å². The average Bonchev–Trinajstić information content (AvgIpc) is 2.71. The van der Waals surface area contributed by atoms with Crippen molar-refractivity contribution in [1.82, 2.24) is 14.9 Å². The summed E-state index contributed by atoms with van der Waals surface area (Å²) >= 11 is 0. The minimum atomic E-state index is -3.14. The van der Waals surface area contributed by atoms with E-state index in [1.54, 1.807) is 4.31 Å². The van der Waals surface area contributed by atoms with Gasteiger partial charge >= 0.3 is 0 Å². The Hall–Kier alpha value is -1.11. The predicted octanol–water partition coefficient (Wildman–Crippen LogP) is 2.11. The summed E-state index contributed by atoms with van der Waals surface area (Å²) in [7, 11) is -3.14. The molecule has 0 aromatic heterocycles. The molecule has 0 bridgehead atoms. The molecule has 0 amide bonds. The van der Waals surface area contributed by atoms with E-state index >= 15 is 0 Å². The van der Waals surface area contributed by atoms with Crippen LogP contribution in [0, 0.1) is 6.92 Å². The maximum Gasteiger partial charge on any atom is 0.214 e. The Morgan fingerprint density at radius 3 is 2.65 bits per heavy atom. The Morgan fingerprint density at radius 2 is 2.03 bits per heavy atom. The predicted molar refractivity (Wildman–Crippen MR) is 136 cm³/mol. The molecule has 1 fully saturated rings. The van der Waals surface area contributed by atoms with Gasteiger partial charge in [0.05, 0.1) is 12.3 Å². The molecule has 178 valence electrons. The molecular weight excluding hydrogens is 531 g/mol.